The van der Waals surface area contributed by atoms with E-state index in [2.05, 4.69) is 79.7 Å². The second kappa shape index (κ2) is 33.0. The summed E-state index contributed by atoms with van der Waals surface area (Å²) in [5, 5.41) is 41.4. The van der Waals surface area contributed by atoms with Gasteiger partial charge in [-0.15, -0.1) is 0 Å². The maximum atomic E-state index is 13.7. The molecule has 0 radical (unpaired) electrons. The molecular weight excluding hydrogens is 1110 g/mol. The van der Waals surface area contributed by atoms with Crippen LogP contribution in [0.25, 0.3) is 0 Å². The number of Topliss-reactive ketones (excluding diaryl/α,β-unsaturated/α-hetero) is 3. The van der Waals surface area contributed by atoms with Gasteiger partial charge in [0.05, 0.1) is 43.1 Å². The lowest BCUT2D eigenvalue weighted by Gasteiger charge is -2.23. The van der Waals surface area contributed by atoms with Crippen molar-refractivity contribution in [2.75, 3.05) is 16.0 Å². The number of rotatable bonds is 24. The van der Waals surface area contributed by atoms with Crippen molar-refractivity contribution in [3.05, 3.63) is 86.0 Å². The quantitative estimate of drug-likeness (QED) is 0.0405. The molecule has 0 fully saturated rings. The molecule has 0 saturated carbocycles. The van der Waals surface area contributed by atoms with Gasteiger partial charge >= 0.3 is 36.0 Å². The van der Waals surface area contributed by atoms with E-state index in [4.69, 9.17) is 15.3 Å². The summed E-state index contributed by atoms with van der Waals surface area (Å²) in [6.07, 6.45) is 0.417. The SMILES string of the molecule is CC(C)C[C@H](NC(=O)Nc1ccc(Br)cc1)C(=O)CCC(=O)O.CC(C)C[C@H](NC(=O)Nc1ccc(Br)cc1F)C(=O)CCC(=O)O.CC[C@H](C)[C@H](NC(=O)Nc1ccc(Br)cc1)C(=O)CCC(=O)O. The van der Waals surface area contributed by atoms with Crippen molar-refractivity contribution in [2.24, 2.45) is 17.8 Å². The molecule has 0 aliphatic rings. The van der Waals surface area contributed by atoms with Crippen LogP contribution in [0, 0.1) is 23.6 Å². The first-order chi connectivity index (χ1) is 32.8. The first kappa shape index (κ1) is 62.3. The van der Waals surface area contributed by atoms with Crippen molar-refractivity contribution >= 4 is 118 Å². The molecule has 3 aromatic carbocycles. The van der Waals surface area contributed by atoms with Crippen molar-refractivity contribution in [3.63, 3.8) is 0 Å². The van der Waals surface area contributed by atoms with Crippen LogP contribution < -0.4 is 31.9 Å². The first-order valence-corrected chi connectivity index (χ1v) is 24.6. The summed E-state index contributed by atoms with van der Waals surface area (Å²) in [5.74, 6) is -4.41. The number of hydrogen-bond donors (Lipinski definition) is 9. The predicted molar refractivity (Wildman–Crippen MR) is 274 cm³/mol. The number of anilines is 3. The number of carbonyl (C=O) groups excluding carboxylic acids is 6. The Morgan fingerprint density at radius 1 is 0.500 bits per heavy atom. The van der Waals surface area contributed by atoms with E-state index in [1.165, 1.54) is 12.1 Å². The van der Waals surface area contributed by atoms with Gasteiger partial charge in [0.25, 0.3) is 0 Å². The van der Waals surface area contributed by atoms with Crippen molar-refractivity contribution in [1.82, 2.24) is 16.0 Å². The number of amides is 6. The number of carboxylic acids is 3. The topological polar surface area (TPSA) is 286 Å². The van der Waals surface area contributed by atoms with Crippen molar-refractivity contribution < 1.29 is 62.9 Å². The van der Waals surface area contributed by atoms with Gasteiger partial charge in [0.15, 0.2) is 17.3 Å². The van der Waals surface area contributed by atoms with Crippen LogP contribution in [0.5, 0.6) is 0 Å². The van der Waals surface area contributed by atoms with Gasteiger partial charge < -0.3 is 47.2 Å². The van der Waals surface area contributed by atoms with Gasteiger partial charge in [-0.05, 0) is 97.3 Å². The molecular formula is C48H62Br3FN6O12. The van der Waals surface area contributed by atoms with Crippen LogP contribution in [0.4, 0.5) is 35.8 Å². The molecule has 3 aromatic rings. The Hall–Kier alpha value is -5.74. The zero-order chi connectivity index (χ0) is 53.1. The minimum atomic E-state index is -1.08. The Bertz CT molecular complexity index is 2230. The fraction of sp³-hybridized carbons (Fsp3) is 0.438. The fourth-order valence-electron chi connectivity index (χ4n) is 6.06. The molecule has 384 valence electrons. The number of carboxylic acid groups (broad SMARTS) is 3. The summed E-state index contributed by atoms with van der Waals surface area (Å²) in [4.78, 5) is 104. The molecule has 0 aliphatic heterocycles. The monoisotopic (exact) mass is 1170 g/mol. The number of aliphatic carboxylic acids is 3. The summed E-state index contributed by atoms with van der Waals surface area (Å²) in [5.41, 5.74) is 1.19. The highest BCUT2D eigenvalue weighted by atomic mass is 79.9. The van der Waals surface area contributed by atoms with Gasteiger partial charge in [0, 0.05) is 44.1 Å². The highest BCUT2D eigenvalue weighted by molar-refractivity contribution is 9.11. The van der Waals surface area contributed by atoms with E-state index >= 15 is 0 Å². The highest BCUT2D eigenvalue weighted by Crippen LogP contribution is 2.20. The summed E-state index contributed by atoms with van der Waals surface area (Å²) in [7, 11) is 0. The van der Waals surface area contributed by atoms with Crippen LogP contribution in [0.15, 0.2) is 80.1 Å². The molecule has 3 rings (SSSR count). The highest BCUT2D eigenvalue weighted by Gasteiger charge is 2.27. The van der Waals surface area contributed by atoms with Gasteiger partial charge in [-0.2, -0.15) is 0 Å². The molecule has 9 N–H and O–H groups in total. The second-order valence-corrected chi connectivity index (χ2v) is 19.5. The van der Waals surface area contributed by atoms with Gasteiger partial charge in [-0.25, -0.2) is 18.8 Å². The summed E-state index contributed by atoms with van der Waals surface area (Å²) in [6.45, 7) is 11.4. The largest absolute Gasteiger partial charge is 0.481 e. The summed E-state index contributed by atoms with van der Waals surface area (Å²) < 4.78 is 16.0. The van der Waals surface area contributed by atoms with Gasteiger partial charge in [-0.1, -0.05) is 95.8 Å². The average Bonchev–Trinajstić information content (AvgIpc) is 3.27. The van der Waals surface area contributed by atoms with E-state index < -0.39 is 59.9 Å². The Morgan fingerprint density at radius 3 is 1.21 bits per heavy atom. The molecule has 0 aromatic heterocycles. The lowest BCUT2D eigenvalue weighted by atomic mass is 9.93. The van der Waals surface area contributed by atoms with Crippen LogP contribution in [0.3, 0.4) is 0 Å². The average molecular weight is 1170 g/mol. The molecule has 0 aliphatic carbocycles. The minimum absolute atomic E-state index is 0.0167. The Kier molecular flexibility index (Phi) is 29.3. The van der Waals surface area contributed by atoms with Gasteiger partial charge in [0.2, 0.25) is 0 Å². The van der Waals surface area contributed by atoms with Crippen LogP contribution >= 0.6 is 47.8 Å². The van der Waals surface area contributed by atoms with E-state index in [0.29, 0.717) is 35.1 Å². The molecule has 0 bridgehead atoms. The molecule has 0 saturated heterocycles. The molecule has 70 heavy (non-hydrogen) atoms. The Labute approximate surface area is 431 Å². The number of nitrogens with one attached hydrogen (secondary N) is 6. The predicted octanol–water partition coefficient (Wildman–Crippen LogP) is 10.4. The number of ketones is 3. The summed E-state index contributed by atoms with van der Waals surface area (Å²) in [6, 6.07) is 14.4. The lowest BCUT2D eigenvalue weighted by Crippen LogP contribution is -2.46. The van der Waals surface area contributed by atoms with Crippen molar-refractivity contribution in [2.45, 2.75) is 117 Å². The third-order valence-corrected chi connectivity index (χ3v) is 11.3. The van der Waals surface area contributed by atoms with Crippen LogP contribution in [-0.4, -0.2) is 86.8 Å². The normalized spacial score (nSPS) is 12.2. The van der Waals surface area contributed by atoms with E-state index in [1.54, 1.807) is 54.6 Å². The van der Waals surface area contributed by atoms with E-state index in [-0.39, 0.29) is 79.3 Å². The maximum absolute atomic E-state index is 13.7. The van der Waals surface area contributed by atoms with Crippen LogP contribution in [0.2, 0.25) is 0 Å². The van der Waals surface area contributed by atoms with E-state index in [9.17, 15) is 47.5 Å². The zero-order valence-corrected chi connectivity index (χ0v) is 44.5. The van der Waals surface area contributed by atoms with Crippen LogP contribution in [0.1, 0.15) is 99.3 Å². The summed E-state index contributed by atoms with van der Waals surface area (Å²) >= 11 is 9.73. The first-order valence-electron chi connectivity index (χ1n) is 22.2. The Morgan fingerprint density at radius 2 is 0.857 bits per heavy atom. The van der Waals surface area contributed by atoms with E-state index in [1.807, 2.05) is 41.5 Å². The molecule has 0 unspecified atom stereocenters. The molecule has 18 nitrogen and oxygen atoms in total. The third kappa shape index (κ3) is 27.4. The number of carbonyl (C=O) groups is 9. The standard InChI is InChI=1S/C16H20BrFN2O4.2C16H21BrN2O4/c1-9(2)7-13(14(21)5-6-15(22)23)20-16(24)19-12-4-3-10(17)8-11(12)18;1-10(2)9-13(14(20)7-8-15(21)22)19-16(23)18-12-5-3-11(17)4-6-12;1-3-10(2)15(13(20)8-9-14(21)22)19-16(23)18-12-6-4-11(17)5-7-12/h3-4,8-9,13H,5-7H2,1-2H3,(H,22,23)(H2,19,20,24);3-6,10,13H,7-9H2,1-2H3,(H,21,22)(H2,18,19,23);4-7,10,15H,3,8-9H2,1-2H3,(H,21,22)(H2,18,19,23)/t2*13-;10-,15-/m000/s1. The van der Waals surface area contributed by atoms with E-state index in [0.717, 1.165) is 8.95 Å². The van der Waals surface area contributed by atoms with Crippen LogP contribution in [-0.2, 0) is 28.8 Å². The van der Waals surface area contributed by atoms with Crippen molar-refractivity contribution in [3.8, 4) is 0 Å². The molecule has 4 atom stereocenters. The van der Waals surface area contributed by atoms with Gasteiger partial charge in [-0.3, -0.25) is 28.8 Å². The number of urea groups is 3. The zero-order valence-electron chi connectivity index (χ0n) is 39.7. The maximum Gasteiger partial charge on any atom is 0.319 e. The lowest BCUT2D eigenvalue weighted by molar-refractivity contribution is -0.139. The Balaban J connectivity index is 0.000000525. The second-order valence-electron chi connectivity index (χ2n) is 16.7. The molecule has 0 heterocycles. The van der Waals surface area contributed by atoms with Gasteiger partial charge in [0.1, 0.15) is 5.82 Å². The molecule has 0 spiro atoms. The number of benzene rings is 3. The number of hydrogen-bond acceptors (Lipinski definition) is 9. The number of halogens is 4. The molecule has 6 amide bonds. The smallest absolute Gasteiger partial charge is 0.319 e. The molecule has 22 heteroatoms. The van der Waals surface area contributed by atoms with Crippen molar-refractivity contribution in [1.29, 1.82) is 0 Å². The minimum Gasteiger partial charge on any atom is -0.481 e. The fourth-order valence-corrected chi connectivity index (χ4v) is 6.92. The third-order valence-electron chi connectivity index (χ3n) is 9.79.